The highest BCUT2D eigenvalue weighted by molar-refractivity contribution is 6.31. The lowest BCUT2D eigenvalue weighted by Crippen LogP contribution is -2.19. The Balaban J connectivity index is 2.67. The first-order chi connectivity index (χ1) is 6.56. The lowest BCUT2D eigenvalue weighted by molar-refractivity contribution is 0.575. The minimum absolute atomic E-state index is 0.265. The molecular formula is C10H18ClN3. The van der Waals surface area contributed by atoms with Gasteiger partial charge >= 0.3 is 0 Å². The maximum atomic E-state index is 6.12. The first-order valence-corrected chi connectivity index (χ1v) is 5.37. The van der Waals surface area contributed by atoms with Crippen LogP contribution in [0.2, 0.25) is 5.02 Å². The molecule has 14 heavy (non-hydrogen) atoms. The zero-order valence-electron chi connectivity index (χ0n) is 9.05. The number of nitrogens with zero attached hydrogens (tertiary/aromatic N) is 2. The van der Waals surface area contributed by atoms with Crippen molar-refractivity contribution in [2.75, 3.05) is 0 Å². The summed E-state index contributed by atoms with van der Waals surface area (Å²) in [5, 5.41) is 5.05. The van der Waals surface area contributed by atoms with Gasteiger partial charge in [-0.3, -0.25) is 4.68 Å². The summed E-state index contributed by atoms with van der Waals surface area (Å²) in [7, 11) is 1.92. The Morgan fingerprint density at radius 1 is 1.57 bits per heavy atom. The molecule has 0 fully saturated rings. The summed E-state index contributed by atoms with van der Waals surface area (Å²) in [4.78, 5) is 0. The van der Waals surface area contributed by atoms with Gasteiger partial charge in [0, 0.05) is 13.1 Å². The largest absolute Gasteiger partial charge is 0.328 e. The van der Waals surface area contributed by atoms with Crippen molar-refractivity contribution in [3.63, 3.8) is 0 Å². The van der Waals surface area contributed by atoms with E-state index < -0.39 is 0 Å². The van der Waals surface area contributed by atoms with Crippen LogP contribution >= 0.6 is 11.6 Å². The molecule has 0 saturated carbocycles. The lowest BCUT2D eigenvalue weighted by atomic mass is 10.1. The summed E-state index contributed by atoms with van der Waals surface area (Å²) in [6, 6.07) is 0.265. The Kier molecular flexibility index (Phi) is 3.96. The Morgan fingerprint density at radius 3 is 2.64 bits per heavy atom. The van der Waals surface area contributed by atoms with E-state index in [-0.39, 0.29) is 6.04 Å². The van der Waals surface area contributed by atoms with Crippen molar-refractivity contribution in [1.82, 2.24) is 9.78 Å². The van der Waals surface area contributed by atoms with E-state index in [1.54, 1.807) is 0 Å². The van der Waals surface area contributed by atoms with E-state index in [1.807, 2.05) is 18.7 Å². The van der Waals surface area contributed by atoms with Gasteiger partial charge in [-0.2, -0.15) is 5.10 Å². The molecule has 4 heteroatoms. The van der Waals surface area contributed by atoms with Crippen LogP contribution in [0.15, 0.2) is 0 Å². The Hall–Kier alpha value is -0.540. The van der Waals surface area contributed by atoms with Crippen LogP contribution in [0.1, 0.15) is 31.2 Å². The third-order valence-corrected chi connectivity index (χ3v) is 3.03. The highest BCUT2D eigenvalue weighted by atomic mass is 35.5. The van der Waals surface area contributed by atoms with Gasteiger partial charge in [0.25, 0.3) is 0 Å². The van der Waals surface area contributed by atoms with Crippen LogP contribution in [0, 0.1) is 6.92 Å². The van der Waals surface area contributed by atoms with E-state index in [2.05, 4.69) is 12.0 Å². The van der Waals surface area contributed by atoms with Gasteiger partial charge in [-0.05, 0) is 26.2 Å². The van der Waals surface area contributed by atoms with Crippen molar-refractivity contribution in [2.24, 2.45) is 12.8 Å². The maximum absolute atomic E-state index is 6.12. The SMILES string of the molecule is CCC(N)CCc1c(Cl)c(C)nn1C. The van der Waals surface area contributed by atoms with Crippen molar-refractivity contribution >= 4 is 11.6 Å². The van der Waals surface area contributed by atoms with E-state index in [0.29, 0.717) is 0 Å². The predicted octanol–water partition coefficient (Wildman–Crippen LogP) is 2.05. The van der Waals surface area contributed by atoms with Crippen molar-refractivity contribution in [1.29, 1.82) is 0 Å². The average molecular weight is 216 g/mol. The minimum atomic E-state index is 0.265. The molecule has 1 atom stereocenters. The molecule has 0 saturated heterocycles. The van der Waals surface area contributed by atoms with Gasteiger partial charge in [0.15, 0.2) is 0 Å². The molecule has 1 rings (SSSR count). The molecule has 0 aliphatic carbocycles. The molecule has 0 bridgehead atoms. The predicted molar refractivity (Wildman–Crippen MR) is 59.5 cm³/mol. The summed E-state index contributed by atoms with van der Waals surface area (Å²) in [5.41, 5.74) is 7.84. The molecule has 0 amide bonds. The number of nitrogens with two attached hydrogens (primary N) is 1. The molecule has 1 aromatic heterocycles. The van der Waals surface area contributed by atoms with Crippen LogP contribution < -0.4 is 5.73 Å². The molecule has 0 spiro atoms. The van der Waals surface area contributed by atoms with Gasteiger partial charge in [0.05, 0.1) is 16.4 Å². The van der Waals surface area contributed by atoms with Gasteiger partial charge in [0.1, 0.15) is 0 Å². The van der Waals surface area contributed by atoms with Gasteiger partial charge in [0.2, 0.25) is 0 Å². The molecule has 1 aromatic rings. The van der Waals surface area contributed by atoms with Crippen molar-refractivity contribution in [3.05, 3.63) is 16.4 Å². The molecule has 3 nitrogen and oxygen atoms in total. The Morgan fingerprint density at radius 2 is 2.21 bits per heavy atom. The first-order valence-electron chi connectivity index (χ1n) is 4.99. The highest BCUT2D eigenvalue weighted by Gasteiger charge is 2.11. The molecule has 80 valence electrons. The summed E-state index contributed by atoms with van der Waals surface area (Å²) in [6.07, 6.45) is 2.88. The number of hydrogen-bond donors (Lipinski definition) is 1. The molecule has 2 N–H and O–H groups in total. The van der Waals surface area contributed by atoms with Gasteiger partial charge in [-0.1, -0.05) is 18.5 Å². The second kappa shape index (κ2) is 4.80. The van der Waals surface area contributed by atoms with Gasteiger partial charge in [-0.15, -0.1) is 0 Å². The van der Waals surface area contributed by atoms with Crippen LogP contribution in [-0.2, 0) is 13.5 Å². The van der Waals surface area contributed by atoms with Crippen LogP contribution in [-0.4, -0.2) is 15.8 Å². The number of hydrogen-bond acceptors (Lipinski definition) is 2. The van der Waals surface area contributed by atoms with Crippen molar-refractivity contribution in [2.45, 2.75) is 39.2 Å². The summed E-state index contributed by atoms with van der Waals surface area (Å²) in [6.45, 7) is 4.02. The summed E-state index contributed by atoms with van der Waals surface area (Å²) < 4.78 is 1.85. The fourth-order valence-corrected chi connectivity index (χ4v) is 1.73. The van der Waals surface area contributed by atoms with Crippen LogP contribution in [0.3, 0.4) is 0 Å². The maximum Gasteiger partial charge on any atom is 0.0846 e. The van der Waals surface area contributed by atoms with Crippen molar-refractivity contribution in [3.8, 4) is 0 Å². The quantitative estimate of drug-likeness (QED) is 0.836. The molecule has 1 heterocycles. The molecule has 0 aliphatic heterocycles. The van der Waals surface area contributed by atoms with Gasteiger partial charge in [-0.25, -0.2) is 0 Å². The zero-order chi connectivity index (χ0) is 10.7. The van der Waals surface area contributed by atoms with Crippen LogP contribution in [0.4, 0.5) is 0 Å². The fraction of sp³-hybridized carbons (Fsp3) is 0.700. The molecule has 0 radical (unpaired) electrons. The van der Waals surface area contributed by atoms with E-state index >= 15 is 0 Å². The van der Waals surface area contributed by atoms with Crippen LogP contribution in [0.25, 0.3) is 0 Å². The highest BCUT2D eigenvalue weighted by Crippen LogP contribution is 2.21. The normalized spacial score (nSPS) is 13.2. The number of aromatic nitrogens is 2. The number of rotatable bonds is 4. The third-order valence-electron chi connectivity index (χ3n) is 2.54. The van der Waals surface area contributed by atoms with E-state index in [4.69, 9.17) is 17.3 Å². The van der Waals surface area contributed by atoms with Crippen LogP contribution in [0.5, 0.6) is 0 Å². The Bertz CT molecular complexity index is 307. The van der Waals surface area contributed by atoms with Gasteiger partial charge < -0.3 is 5.73 Å². The summed E-state index contributed by atoms with van der Waals surface area (Å²) in [5.74, 6) is 0. The second-order valence-electron chi connectivity index (χ2n) is 3.68. The van der Waals surface area contributed by atoms with E-state index in [1.165, 1.54) is 0 Å². The first kappa shape index (κ1) is 11.5. The molecule has 1 unspecified atom stereocenters. The topological polar surface area (TPSA) is 43.8 Å². The Labute approximate surface area is 90.2 Å². The van der Waals surface area contributed by atoms with Crippen molar-refractivity contribution < 1.29 is 0 Å². The number of aryl methyl sites for hydroxylation is 2. The van der Waals surface area contributed by atoms with E-state index in [9.17, 15) is 0 Å². The lowest BCUT2D eigenvalue weighted by Gasteiger charge is -2.08. The second-order valence-corrected chi connectivity index (χ2v) is 4.05. The standard InChI is InChI=1S/C10H18ClN3/c1-4-8(12)5-6-9-10(11)7(2)13-14(9)3/h8H,4-6,12H2,1-3H3. The minimum Gasteiger partial charge on any atom is -0.328 e. The molecular weight excluding hydrogens is 198 g/mol. The smallest absolute Gasteiger partial charge is 0.0846 e. The fourth-order valence-electron chi connectivity index (χ4n) is 1.48. The summed E-state index contributed by atoms with van der Waals surface area (Å²) >= 11 is 6.12. The molecule has 0 aliphatic rings. The number of halogens is 1. The van der Waals surface area contributed by atoms with E-state index in [0.717, 1.165) is 35.7 Å². The average Bonchev–Trinajstić information content (AvgIpc) is 2.39. The monoisotopic (exact) mass is 215 g/mol. The zero-order valence-corrected chi connectivity index (χ0v) is 9.80. The third kappa shape index (κ3) is 2.49. The molecule has 0 aromatic carbocycles.